The molecule has 0 bridgehead atoms. The molecule has 2 aromatic rings. The smallest absolute Gasteiger partial charge is 0.330 e. The van der Waals surface area contributed by atoms with Crippen LogP contribution in [-0.2, 0) is 52.6 Å². The largest absolute Gasteiger partial charge is 0.481 e. The summed E-state index contributed by atoms with van der Waals surface area (Å²) in [5.41, 5.74) is 0.559. The van der Waals surface area contributed by atoms with Crippen molar-refractivity contribution in [2.24, 2.45) is 0 Å². The number of benzene rings is 1. The summed E-state index contributed by atoms with van der Waals surface area (Å²) >= 11 is 4.43. The summed E-state index contributed by atoms with van der Waals surface area (Å²) in [6.07, 6.45) is 0.849. The third-order valence-electron chi connectivity index (χ3n) is 3.30. The van der Waals surface area contributed by atoms with E-state index in [4.69, 9.17) is 9.47 Å². The van der Waals surface area contributed by atoms with Gasteiger partial charge >= 0.3 is 5.76 Å². The number of aryl methyl sites for hydroxylation is 1. The number of aliphatic hydroxyl groups is 1. The third kappa shape index (κ3) is 6.79. The number of anilines is 1. The number of aliphatic hydroxyl groups excluding tert-OH is 1. The zero-order valence-corrected chi connectivity index (χ0v) is 20.1. The van der Waals surface area contributed by atoms with Crippen LogP contribution in [0.5, 0.6) is 11.8 Å². The summed E-state index contributed by atoms with van der Waals surface area (Å²) in [5, 5.41) is 10.8. The fourth-order valence-corrected chi connectivity index (χ4v) is 2.86. The zero-order chi connectivity index (χ0) is 20.9. The molecule has 12 heteroatoms. The van der Waals surface area contributed by atoms with Crippen molar-refractivity contribution in [3.05, 3.63) is 41.2 Å². The van der Waals surface area contributed by atoms with Crippen LogP contribution >= 0.6 is 0 Å². The Labute approximate surface area is 197 Å². The van der Waals surface area contributed by atoms with Crippen molar-refractivity contribution in [2.75, 3.05) is 11.8 Å². The number of hydrogen-bond acceptors (Lipinski definition) is 7. The minimum atomic E-state index is -4.14. The number of nitrogens with zero attached hydrogens (tertiary/aromatic N) is 2. The van der Waals surface area contributed by atoms with E-state index in [0.29, 0.717) is 5.56 Å². The third-order valence-corrected chi connectivity index (χ3v) is 4.94. The fraction of sp³-hybridized carbons (Fsp3) is 0.294. The first kappa shape index (κ1) is 25.6. The number of aromatic nitrogens is 2. The quantitative estimate of drug-likeness (QED) is 0.430. The molecule has 0 amide bonds. The summed E-state index contributed by atoms with van der Waals surface area (Å²) in [4.78, 5) is 8.08. The maximum Gasteiger partial charge on any atom is 0.330 e. The maximum absolute atomic E-state index is 12.9. The molecule has 29 heavy (non-hydrogen) atoms. The van der Waals surface area contributed by atoms with Gasteiger partial charge in [-0.2, -0.15) is 42.5 Å². The Hall–Kier alpha value is -1.45. The van der Waals surface area contributed by atoms with E-state index in [1.54, 1.807) is 13.8 Å². The van der Waals surface area contributed by atoms with E-state index in [1.165, 1.54) is 25.3 Å². The van der Waals surface area contributed by atoms with Gasteiger partial charge in [0, 0.05) is 50.8 Å². The first-order valence-electron chi connectivity index (χ1n) is 7.69. The van der Waals surface area contributed by atoms with Gasteiger partial charge in [-0.15, -0.1) is 0 Å². The summed E-state index contributed by atoms with van der Waals surface area (Å²) < 4.78 is 50.0. The molecule has 1 heterocycles. The van der Waals surface area contributed by atoms with Gasteiger partial charge in [0.05, 0.1) is 19.3 Å². The van der Waals surface area contributed by atoms with Gasteiger partial charge in [-0.3, -0.25) is 0 Å². The van der Waals surface area contributed by atoms with Crippen LogP contribution in [0.4, 0.5) is 14.5 Å². The van der Waals surface area contributed by atoms with E-state index >= 15 is 0 Å². The molecule has 0 saturated carbocycles. The van der Waals surface area contributed by atoms with E-state index < -0.39 is 20.5 Å². The average Bonchev–Trinajstić information content (AvgIpc) is 2.66. The SMILES string of the molecule is CC#COc1cc(OC)nc(C(O)c2cc(C)c[c-]c2NS(=O)(=S)C(F)F)n1.[Y]. The molecule has 2 atom stereocenters. The standard InChI is InChI=1S/C17H16F2N3O4S2.Y/c1-4-7-26-14-9-13(25-3)20-16(21-14)15(23)11-8-10(2)5-6-12(11)22-28(24,27)17(18)19;/h5,8-9,15,17,22-23H,1-3H3;/q-1;. The Morgan fingerprint density at radius 2 is 2.00 bits per heavy atom. The molecule has 153 valence electrons. The van der Waals surface area contributed by atoms with Crippen molar-refractivity contribution in [1.82, 2.24) is 9.97 Å². The van der Waals surface area contributed by atoms with Crippen molar-refractivity contribution in [3.8, 4) is 23.8 Å². The van der Waals surface area contributed by atoms with E-state index in [-0.39, 0.29) is 61.5 Å². The molecule has 0 saturated heterocycles. The molecule has 2 unspecified atom stereocenters. The van der Waals surface area contributed by atoms with Crippen LogP contribution in [0.15, 0.2) is 18.2 Å². The second-order valence-electron chi connectivity index (χ2n) is 5.38. The topological polar surface area (TPSA) is 93.6 Å². The van der Waals surface area contributed by atoms with Crippen molar-refractivity contribution < 1.29 is 60.3 Å². The number of halogens is 2. The Bertz CT molecular complexity index is 1030. The summed E-state index contributed by atoms with van der Waals surface area (Å²) in [7, 11) is -2.78. The van der Waals surface area contributed by atoms with Crippen LogP contribution in [0, 0.1) is 25.0 Å². The number of rotatable bonds is 7. The molecule has 0 aliphatic heterocycles. The van der Waals surface area contributed by atoms with E-state index in [9.17, 15) is 18.1 Å². The predicted octanol–water partition coefficient (Wildman–Crippen LogP) is 2.33. The molecular weight excluding hydrogens is 501 g/mol. The van der Waals surface area contributed by atoms with Crippen LogP contribution in [0.1, 0.15) is 30.0 Å². The molecule has 2 N–H and O–H groups in total. The molecule has 0 aliphatic rings. The number of hydrogen-bond donors (Lipinski definition) is 2. The average molecular weight is 517 g/mol. The molecule has 0 fully saturated rings. The Morgan fingerprint density at radius 1 is 1.34 bits per heavy atom. The number of ether oxygens (including phenoxy) is 2. The molecule has 0 aliphatic carbocycles. The first-order chi connectivity index (χ1) is 13.2. The Balaban J connectivity index is 0.00000420. The van der Waals surface area contributed by atoms with Gasteiger partial charge in [0.25, 0.3) is 0 Å². The van der Waals surface area contributed by atoms with Gasteiger partial charge in [0.1, 0.15) is 6.11 Å². The van der Waals surface area contributed by atoms with Crippen LogP contribution in [-0.4, -0.2) is 32.2 Å². The van der Waals surface area contributed by atoms with Crippen molar-refractivity contribution in [2.45, 2.75) is 25.7 Å². The number of alkyl halides is 2. The van der Waals surface area contributed by atoms with E-state index in [2.05, 4.69) is 44.0 Å². The number of nitrogens with one attached hydrogen (secondary N) is 1. The normalized spacial score (nSPS) is 13.3. The molecule has 0 spiro atoms. The van der Waals surface area contributed by atoms with E-state index in [1.807, 2.05) is 0 Å². The monoisotopic (exact) mass is 517 g/mol. The second kappa shape index (κ2) is 11.1. The van der Waals surface area contributed by atoms with Gasteiger partial charge in [-0.05, 0) is 0 Å². The van der Waals surface area contributed by atoms with Gasteiger partial charge in [0.2, 0.25) is 11.8 Å². The fourth-order valence-electron chi connectivity index (χ4n) is 2.06. The molecule has 7 nitrogen and oxygen atoms in total. The van der Waals surface area contributed by atoms with Crippen LogP contribution < -0.4 is 14.2 Å². The van der Waals surface area contributed by atoms with Gasteiger partial charge in [-0.1, -0.05) is 24.1 Å². The Kier molecular flexibility index (Phi) is 9.78. The van der Waals surface area contributed by atoms with Crippen molar-refractivity contribution >= 4 is 25.6 Å². The van der Waals surface area contributed by atoms with Crippen molar-refractivity contribution in [3.63, 3.8) is 0 Å². The first-order valence-corrected chi connectivity index (χ1v) is 10.2. The minimum absolute atomic E-state index is 0. The summed E-state index contributed by atoms with van der Waals surface area (Å²) in [6.45, 7) is 3.26. The van der Waals surface area contributed by atoms with Gasteiger partial charge in [-0.25, -0.2) is 4.21 Å². The molecule has 1 aromatic heterocycles. The Morgan fingerprint density at radius 3 is 2.59 bits per heavy atom. The van der Waals surface area contributed by atoms with Gasteiger partial charge in [0.15, 0.2) is 14.5 Å². The zero-order valence-electron chi connectivity index (χ0n) is 15.6. The van der Waals surface area contributed by atoms with Gasteiger partial charge < -0.3 is 19.3 Å². The van der Waals surface area contributed by atoms with Crippen LogP contribution in [0.25, 0.3) is 0 Å². The van der Waals surface area contributed by atoms with Crippen LogP contribution in [0.3, 0.4) is 0 Å². The predicted molar refractivity (Wildman–Crippen MR) is 102 cm³/mol. The summed E-state index contributed by atoms with van der Waals surface area (Å²) in [6, 6.07) is 6.96. The maximum atomic E-state index is 12.9. The van der Waals surface area contributed by atoms with E-state index in [0.717, 1.165) is 0 Å². The molecule has 2 rings (SSSR count). The molecule has 1 aromatic carbocycles. The second-order valence-corrected chi connectivity index (χ2v) is 8.51. The minimum Gasteiger partial charge on any atom is -0.481 e. The summed E-state index contributed by atoms with van der Waals surface area (Å²) in [5.74, 6) is -0.818. The molecule has 1 radical (unpaired) electrons. The van der Waals surface area contributed by atoms with Crippen molar-refractivity contribution in [1.29, 1.82) is 0 Å². The number of methoxy groups -OCH3 is 1. The van der Waals surface area contributed by atoms with Crippen LogP contribution in [0.2, 0.25) is 0 Å². The molecular formula is C17H16F2N3O4S2Y-.